The maximum Gasteiger partial charge on any atom is 0.261 e. The molecule has 13 nitrogen and oxygen atoms in total. The molecule has 0 bridgehead atoms. The first-order valence-corrected chi connectivity index (χ1v) is 22.4. The normalized spacial score (nSPS) is 17.0. The number of Topliss-reactive ketones (excluding diaryl/α,β-unsaturated/α-hetero) is 1. The second-order valence-electron chi connectivity index (χ2n) is 18.6. The summed E-state index contributed by atoms with van der Waals surface area (Å²) in [6, 6.07) is 28.7. The van der Waals surface area contributed by atoms with Gasteiger partial charge in [-0.05, 0) is 106 Å². The smallest absolute Gasteiger partial charge is 0.261 e. The standard InChI is InChI=1S/C53H56N4O9/c1-32(58)27-53(4,5)65-17-16-52(2,3)66-39-19-33(30-63-48-25-42-40(23-46(48)61-6)50(59)56-37(28-54-42)21-35-12-8-10-14-44(35)56)18-34(20-39)31-64-49-26-43-41(24-47(49)62-7)51(60)57-38(29-55-43)22-36-13-9-11-15-45(36)57/h8-15,18-20,23-26,28,37-38,55H,16-17,21-22,27,29-31H2,1-7H3/t37-,38-/m0/s1. The monoisotopic (exact) mass is 892 g/mol. The number of fused-ring (bicyclic) bond motifs is 8. The summed E-state index contributed by atoms with van der Waals surface area (Å²) in [6.45, 7) is 10.6. The molecule has 0 aliphatic carbocycles. The molecule has 2 amide bonds. The summed E-state index contributed by atoms with van der Waals surface area (Å²) in [5, 5.41) is 3.51. The maximum atomic E-state index is 14.1. The van der Waals surface area contributed by atoms with Crippen molar-refractivity contribution in [1.29, 1.82) is 0 Å². The summed E-state index contributed by atoms with van der Waals surface area (Å²) in [4.78, 5) is 48.4. The van der Waals surface area contributed by atoms with Crippen LogP contribution in [0.4, 0.5) is 22.7 Å². The van der Waals surface area contributed by atoms with Crippen LogP contribution in [0.15, 0.2) is 96.0 Å². The molecular weight excluding hydrogens is 837 g/mol. The van der Waals surface area contributed by atoms with Crippen LogP contribution in [-0.4, -0.2) is 74.5 Å². The van der Waals surface area contributed by atoms with Gasteiger partial charge in [-0.1, -0.05) is 36.4 Å². The lowest BCUT2D eigenvalue weighted by Crippen LogP contribution is -2.39. The molecule has 342 valence electrons. The summed E-state index contributed by atoms with van der Waals surface area (Å²) < 4.78 is 37.4. The fourth-order valence-electron chi connectivity index (χ4n) is 9.47. The Morgan fingerprint density at radius 2 is 1.33 bits per heavy atom. The zero-order chi connectivity index (χ0) is 46.3. The van der Waals surface area contributed by atoms with Gasteiger partial charge in [0.05, 0.1) is 61.0 Å². The van der Waals surface area contributed by atoms with E-state index in [4.69, 9.17) is 33.4 Å². The number of para-hydroxylation sites is 2. The molecule has 4 aliphatic heterocycles. The van der Waals surface area contributed by atoms with E-state index in [0.29, 0.717) is 83.7 Å². The lowest BCUT2D eigenvalue weighted by Gasteiger charge is -2.30. The van der Waals surface area contributed by atoms with Crippen LogP contribution in [0.2, 0.25) is 0 Å². The van der Waals surface area contributed by atoms with Crippen LogP contribution in [-0.2, 0) is 35.6 Å². The predicted molar refractivity (Wildman–Crippen MR) is 254 cm³/mol. The molecule has 0 unspecified atom stereocenters. The summed E-state index contributed by atoms with van der Waals surface area (Å²) >= 11 is 0. The highest BCUT2D eigenvalue weighted by molar-refractivity contribution is 6.15. The van der Waals surface area contributed by atoms with Crippen molar-refractivity contribution in [3.05, 3.63) is 124 Å². The minimum absolute atomic E-state index is 0.0132. The van der Waals surface area contributed by atoms with E-state index in [1.54, 1.807) is 44.2 Å². The Labute approximate surface area is 385 Å². The Kier molecular flexibility index (Phi) is 12.0. The fourth-order valence-corrected chi connectivity index (χ4v) is 9.47. The highest BCUT2D eigenvalue weighted by atomic mass is 16.5. The summed E-state index contributed by atoms with van der Waals surface area (Å²) in [5.74, 6) is 2.17. The van der Waals surface area contributed by atoms with E-state index in [9.17, 15) is 14.4 Å². The van der Waals surface area contributed by atoms with E-state index in [0.717, 1.165) is 40.0 Å². The number of ketones is 1. The average molecular weight is 893 g/mol. The van der Waals surface area contributed by atoms with Crippen molar-refractivity contribution in [3.8, 4) is 28.7 Å². The molecule has 4 aliphatic rings. The third-order valence-corrected chi connectivity index (χ3v) is 12.6. The molecule has 5 aromatic carbocycles. The number of hydrogen-bond donors (Lipinski definition) is 1. The molecule has 0 spiro atoms. The van der Waals surface area contributed by atoms with Crippen LogP contribution in [0.1, 0.15) is 90.4 Å². The van der Waals surface area contributed by atoms with Gasteiger partial charge in [0.1, 0.15) is 30.3 Å². The number of nitrogens with one attached hydrogen (secondary N) is 1. The van der Waals surface area contributed by atoms with Crippen molar-refractivity contribution in [3.63, 3.8) is 0 Å². The van der Waals surface area contributed by atoms with E-state index in [2.05, 4.69) is 11.4 Å². The zero-order valence-corrected chi connectivity index (χ0v) is 38.6. The summed E-state index contributed by atoms with van der Waals surface area (Å²) in [6.07, 6.45) is 4.17. The number of carbonyl (C=O) groups is 3. The first-order chi connectivity index (χ1) is 31.7. The van der Waals surface area contributed by atoms with Gasteiger partial charge in [-0.3, -0.25) is 24.3 Å². The second-order valence-corrected chi connectivity index (χ2v) is 18.6. The van der Waals surface area contributed by atoms with E-state index >= 15 is 0 Å². The third-order valence-electron chi connectivity index (χ3n) is 12.6. The van der Waals surface area contributed by atoms with Crippen molar-refractivity contribution < 1.29 is 42.8 Å². The van der Waals surface area contributed by atoms with Crippen LogP contribution < -0.4 is 38.8 Å². The largest absolute Gasteiger partial charge is 0.493 e. The SMILES string of the molecule is COc1cc2c(cc1OCc1cc(COc3cc4c(cc3OC)C(=O)N3c5ccccc5C[C@H]3CN4)cc(OC(C)(C)CCOC(C)(C)CC(C)=O)c1)N=C[C@@H]1Cc3ccccc3N1C2=O. The van der Waals surface area contributed by atoms with Gasteiger partial charge in [0.25, 0.3) is 11.8 Å². The van der Waals surface area contributed by atoms with Crippen LogP contribution >= 0.6 is 0 Å². The Morgan fingerprint density at radius 1 is 0.727 bits per heavy atom. The molecule has 13 heteroatoms. The molecule has 0 aromatic heterocycles. The number of amides is 2. The van der Waals surface area contributed by atoms with Crippen LogP contribution in [0.5, 0.6) is 28.7 Å². The number of carbonyl (C=O) groups excluding carboxylic acids is 3. The number of methoxy groups -OCH3 is 2. The molecule has 0 saturated heterocycles. The average Bonchev–Trinajstić information content (AvgIpc) is 3.77. The second kappa shape index (κ2) is 17.8. The highest BCUT2D eigenvalue weighted by Gasteiger charge is 2.39. The quantitative estimate of drug-likeness (QED) is 0.102. The van der Waals surface area contributed by atoms with Gasteiger partial charge in [-0.15, -0.1) is 0 Å². The van der Waals surface area contributed by atoms with E-state index in [1.807, 2.05) is 106 Å². The van der Waals surface area contributed by atoms with Crippen LogP contribution in [0.25, 0.3) is 0 Å². The van der Waals surface area contributed by atoms with Crippen molar-refractivity contribution in [1.82, 2.24) is 0 Å². The van der Waals surface area contributed by atoms with Crippen LogP contribution in [0.3, 0.4) is 0 Å². The molecule has 0 radical (unpaired) electrons. The van der Waals surface area contributed by atoms with E-state index < -0.39 is 11.2 Å². The topological polar surface area (TPSA) is 137 Å². The Hall–Kier alpha value is -6.86. The van der Waals surface area contributed by atoms with Gasteiger partial charge in [-0.2, -0.15) is 0 Å². The molecular formula is C53H56N4O9. The molecule has 0 saturated carbocycles. The molecule has 4 heterocycles. The van der Waals surface area contributed by atoms with Crippen molar-refractivity contribution in [2.45, 2.75) is 96.8 Å². The summed E-state index contributed by atoms with van der Waals surface area (Å²) in [7, 11) is 3.11. The van der Waals surface area contributed by atoms with Gasteiger partial charge in [-0.25, -0.2) is 0 Å². The first kappa shape index (κ1) is 44.3. The minimum atomic E-state index is -0.656. The Bertz CT molecular complexity index is 2750. The van der Waals surface area contributed by atoms with Gasteiger partial charge in [0.2, 0.25) is 0 Å². The molecule has 9 rings (SSSR count). The lowest BCUT2D eigenvalue weighted by molar-refractivity contribution is -0.123. The van der Waals surface area contributed by atoms with Gasteiger partial charge >= 0.3 is 0 Å². The number of hydrogen-bond acceptors (Lipinski definition) is 11. The zero-order valence-electron chi connectivity index (χ0n) is 38.6. The number of benzene rings is 5. The molecule has 5 aromatic rings. The fraction of sp³-hybridized carbons (Fsp3) is 0.358. The Morgan fingerprint density at radius 3 is 2.00 bits per heavy atom. The number of nitrogens with zero attached hydrogens (tertiary/aromatic N) is 3. The van der Waals surface area contributed by atoms with Gasteiger partial charge in [0.15, 0.2) is 23.0 Å². The number of ether oxygens (including phenoxy) is 6. The maximum absolute atomic E-state index is 14.1. The molecule has 66 heavy (non-hydrogen) atoms. The number of aliphatic imine (C=N–C) groups is 1. The van der Waals surface area contributed by atoms with E-state index in [1.165, 1.54) is 0 Å². The van der Waals surface area contributed by atoms with Gasteiger partial charge in [0, 0.05) is 55.5 Å². The Balaban J connectivity index is 0.971. The lowest BCUT2D eigenvalue weighted by atomic mass is 10.0. The predicted octanol–water partition coefficient (Wildman–Crippen LogP) is 9.47. The van der Waals surface area contributed by atoms with E-state index in [-0.39, 0.29) is 42.9 Å². The third kappa shape index (κ3) is 9.04. The van der Waals surface area contributed by atoms with Crippen molar-refractivity contribution >= 4 is 46.6 Å². The number of rotatable bonds is 16. The highest BCUT2D eigenvalue weighted by Crippen LogP contribution is 2.43. The molecule has 2 atom stereocenters. The van der Waals surface area contributed by atoms with Gasteiger partial charge < -0.3 is 38.6 Å². The molecule has 0 fully saturated rings. The number of anilines is 3. The first-order valence-electron chi connectivity index (χ1n) is 22.4. The molecule has 1 N–H and O–H groups in total. The minimum Gasteiger partial charge on any atom is -0.493 e. The summed E-state index contributed by atoms with van der Waals surface area (Å²) in [5.41, 5.74) is 6.54. The van der Waals surface area contributed by atoms with Crippen molar-refractivity contribution in [2.24, 2.45) is 4.99 Å². The van der Waals surface area contributed by atoms with Crippen LogP contribution in [0, 0.1) is 0 Å². The van der Waals surface area contributed by atoms with Crippen molar-refractivity contribution in [2.75, 3.05) is 42.5 Å².